The molecule has 0 bridgehead atoms. The Bertz CT molecular complexity index is 1300. The molecule has 1 aliphatic heterocycles. The Kier molecular flexibility index (Phi) is 8.81. The van der Waals surface area contributed by atoms with Crippen molar-refractivity contribution in [1.82, 2.24) is 9.80 Å². The number of thiocarbonyl (C=S) groups is 1. The molecule has 1 aliphatic rings. The molecule has 3 aromatic rings. The van der Waals surface area contributed by atoms with E-state index in [1.807, 2.05) is 30.3 Å². The number of benzene rings is 3. The van der Waals surface area contributed by atoms with Crippen LogP contribution >= 0.6 is 12.2 Å². The van der Waals surface area contributed by atoms with E-state index in [2.05, 4.69) is 5.32 Å². The van der Waals surface area contributed by atoms with Crippen LogP contribution in [0.2, 0.25) is 0 Å². The maximum absolute atomic E-state index is 13.5. The van der Waals surface area contributed by atoms with Gasteiger partial charge in [0.2, 0.25) is 5.91 Å². The molecule has 38 heavy (non-hydrogen) atoms. The second-order valence-electron chi connectivity index (χ2n) is 8.83. The lowest BCUT2D eigenvalue weighted by Gasteiger charge is -2.24. The number of rotatable bonds is 10. The Balaban J connectivity index is 1.47. The first-order valence-electron chi connectivity index (χ1n) is 12.3. The predicted octanol–water partition coefficient (Wildman–Crippen LogP) is 4.57. The number of nitrogens with zero attached hydrogens (tertiary/aromatic N) is 2. The number of nitrogens with one attached hydrogen (secondary N) is 1. The van der Waals surface area contributed by atoms with Crippen LogP contribution in [-0.2, 0) is 27.3 Å². The van der Waals surface area contributed by atoms with Gasteiger partial charge < -0.3 is 15.0 Å². The first-order valence-corrected chi connectivity index (χ1v) is 12.7. The molecule has 9 heteroatoms. The number of hydrogen-bond acceptors (Lipinski definition) is 5. The molecule has 196 valence electrons. The summed E-state index contributed by atoms with van der Waals surface area (Å²) in [6.45, 7) is 2.64. The number of anilines is 1. The van der Waals surface area contributed by atoms with E-state index in [9.17, 15) is 18.8 Å². The highest BCUT2D eigenvalue weighted by Gasteiger charge is 2.43. The van der Waals surface area contributed by atoms with Gasteiger partial charge in [0.1, 0.15) is 11.9 Å². The number of hydrogen-bond donors (Lipinski definition) is 1. The maximum Gasteiger partial charge on any atom is 0.338 e. The monoisotopic (exact) mass is 533 g/mol. The zero-order valence-electron chi connectivity index (χ0n) is 20.9. The van der Waals surface area contributed by atoms with Crippen LogP contribution in [0.15, 0.2) is 78.9 Å². The molecule has 2 amide bonds. The van der Waals surface area contributed by atoms with Gasteiger partial charge in [-0.2, -0.15) is 0 Å². The molecule has 7 nitrogen and oxygen atoms in total. The predicted molar refractivity (Wildman–Crippen MR) is 146 cm³/mol. The van der Waals surface area contributed by atoms with Gasteiger partial charge in [-0.3, -0.25) is 14.5 Å². The molecule has 1 atom stereocenters. The van der Waals surface area contributed by atoms with E-state index in [0.29, 0.717) is 29.3 Å². The largest absolute Gasteiger partial charge is 0.462 e. The summed E-state index contributed by atoms with van der Waals surface area (Å²) < 4.78 is 18.4. The molecule has 0 spiro atoms. The van der Waals surface area contributed by atoms with Crippen molar-refractivity contribution in [1.29, 1.82) is 0 Å². The molecule has 4 rings (SSSR count). The fourth-order valence-corrected chi connectivity index (χ4v) is 4.61. The third-order valence-electron chi connectivity index (χ3n) is 6.20. The van der Waals surface area contributed by atoms with Crippen molar-refractivity contribution in [3.05, 3.63) is 101 Å². The number of carbonyl (C=O) groups excluding carboxylic acids is 3. The van der Waals surface area contributed by atoms with Gasteiger partial charge in [0.15, 0.2) is 5.11 Å². The summed E-state index contributed by atoms with van der Waals surface area (Å²) in [6.07, 6.45) is 0.491. The summed E-state index contributed by atoms with van der Waals surface area (Å²) in [7, 11) is 0. The van der Waals surface area contributed by atoms with Crippen molar-refractivity contribution in [2.45, 2.75) is 32.4 Å². The molecule has 0 aromatic heterocycles. The van der Waals surface area contributed by atoms with Crippen molar-refractivity contribution in [2.75, 3.05) is 18.5 Å². The van der Waals surface area contributed by atoms with Crippen LogP contribution in [0.4, 0.5) is 10.1 Å². The van der Waals surface area contributed by atoms with Crippen LogP contribution in [-0.4, -0.2) is 51.9 Å². The van der Waals surface area contributed by atoms with Gasteiger partial charge >= 0.3 is 5.97 Å². The lowest BCUT2D eigenvalue weighted by Crippen LogP contribution is -2.37. The molecule has 1 N–H and O–H groups in total. The fourth-order valence-electron chi connectivity index (χ4n) is 4.24. The SMILES string of the molecule is CCOC(=O)c1ccc(NC(=O)CC2C(=O)N(CCc3ccccc3)C(=S)N2Cc2ccc(F)cc2)cc1. The lowest BCUT2D eigenvalue weighted by molar-refractivity contribution is -0.130. The number of halogens is 1. The van der Waals surface area contributed by atoms with Crippen LogP contribution in [0, 0.1) is 5.82 Å². The van der Waals surface area contributed by atoms with E-state index in [1.54, 1.807) is 48.2 Å². The second kappa shape index (κ2) is 12.4. The molecule has 0 radical (unpaired) electrons. The minimum Gasteiger partial charge on any atom is -0.462 e. The van der Waals surface area contributed by atoms with E-state index in [0.717, 1.165) is 11.1 Å². The summed E-state index contributed by atoms with van der Waals surface area (Å²) in [5.41, 5.74) is 2.70. The van der Waals surface area contributed by atoms with Crippen LogP contribution in [0.1, 0.15) is 34.8 Å². The molecule has 0 saturated carbocycles. The minimum absolute atomic E-state index is 0.123. The molecule has 1 fully saturated rings. The Morgan fingerprint density at radius 2 is 1.66 bits per heavy atom. The van der Waals surface area contributed by atoms with E-state index < -0.39 is 12.0 Å². The third kappa shape index (κ3) is 6.60. The van der Waals surface area contributed by atoms with E-state index >= 15 is 0 Å². The van der Waals surface area contributed by atoms with E-state index in [1.165, 1.54) is 17.0 Å². The van der Waals surface area contributed by atoms with Crippen molar-refractivity contribution < 1.29 is 23.5 Å². The number of ether oxygens (including phenoxy) is 1. The molecule has 0 aliphatic carbocycles. The molecule has 1 unspecified atom stereocenters. The summed E-state index contributed by atoms with van der Waals surface area (Å²) in [5.74, 6) is -1.42. The van der Waals surface area contributed by atoms with E-state index in [4.69, 9.17) is 17.0 Å². The summed E-state index contributed by atoms with van der Waals surface area (Å²) >= 11 is 5.68. The smallest absolute Gasteiger partial charge is 0.338 e. The average Bonchev–Trinajstić information content (AvgIpc) is 3.13. The van der Waals surface area contributed by atoms with Gasteiger partial charge in [0, 0.05) is 18.8 Å². The van der Waals surface area contributed by atoms with Gasteiger partial charge in [0.05, 0.1) is 18.6 Å². The number of esters is 1. The van der Waals surface area contributed by atoms with Crippen LogP contribution in [0.5, 0.6) is 0 Å². The molecular formula is C29H28FN3O4S. The average molecular weight is 534 g/mol. The van der Waals surface area contributed by atoms with E-state index in [-0.39, 0.29) is 37.2 Å². The topological polar surface area (TPSA) is 78.9 Å². The lowest BCUT2D eigenvalue weighted by atomic mass is 10.1. The second-order valence-corrected chi connectivity index (χ2v) is 9.19. The normalized spacial score (nSPS) is 15.1. The standard InChI is InChI=1S/C29H28FN3O4S/c1-2-37-28(36)22-10-14-24(15-11-22)31-26(34)18-25-27(35)32(17-16-20-6-4-3-5-7-20)29(38)33(25)19-21-8-12-23(30)13-9-21/h3-15,25H,2,16-19H2,1H3,(H,31,34). The molecule has 1 saturated heterocycles. The summed E-state index contributed by atoms with van der Waals surface area (Å²) in [5, 5.41) is 3.13. The van der Waals surface area contributed by atoms with Crippen molar-refractivity contribution in [3.8, 4) is 0 Å². The first kappa shape index (κ1) is 26.9. The zero-order valence-corrected chi connectivity index (χ0v) is 21.7. The van der Waals surface area contributed by atoms with Crippen molar-refractivity contribution in [3.63, 3.8) is 0 Å². The summed E-state index contributed by atoms with van der Waals surface area (Å²) in [4.78, 5) is 41.6. The van der Waals surface area contributed by atoms with Gasteiger partial charge in [-0.1, -0.05) is 42.5 Å². The Hall–Kier alpha value is -4.11. The first-order chi connectivity index (χ1) is 18.4. The Morgan fingerprint density at radius 1 is 0.974 bits per heavy atom. The van der Waals surface area contributed by atoms with Crippen LogP contribution in [0.3, 0.4) is 0 Å². The van der Waals surface area contributed by atoms with Crippen molar-refractivity contribution in [2.24, 2.45) is 0 Å². The van der Waals surface area contributed by atoms with Crippen molar-refractivity contribution >= 4 is 40.8 Å². The fraction of sp³-hybridized carbons (Fsp3) is 0.241. The Labute approximate surface area is 226 Å². The maximum atomic E-state index is 13.5. The summed E-state index contributed by atoms with van der Waals surface area (Å²) in [6, 6.07) is 21.3. The molecule has 3 aromatic carbocycles. The van der Waals surface area contributed by atoms with Gasteiger partial charge in [-0.15, -0.1) is 0 Å². The van der Waals surface area contributed by atoms with Gasteiger partial charge in [-0.25, -0.2) is 9.18 Å². The quantitative estimate of drug-likeness (QED) is 0.304. The molecule has 1 heterocycles. The highest BCUT2D eigenvalue weighted by molar-refractivity contribution is 7.80. The highest BCUT2D eigenvalue weighted by Crippen LogP contribution is 2.25. The van der Waals surface area contributed by atoms with Gasteiger partial charge in [-0.05, 0) is 73.1 Å². The van der Waals surface area contributed by atoms with Crippen LogP contribution < -0.4 is 5.32 Å². The van der Waals surface area contributed by atoms with Crippen LogP contribution in [0.25, 0.3) is 0 Å². The highest BCUT2D eigenvalue weighted by atomic mass is 32.1. The Morgan fingerprint density at radius 3 is 2.32 bits per heavy atom. The number of amides is 2. The third-order valence-corrected chi connectivity index (χ3v) is 6.65. The number of carbonyl (C=O) groups is 3. The zero-order chi connectivity index (χ0) is 27.1. The molecular weight excluding hydrogens is 505 g/mol. The van der Waals surface area contributed by atoms with Gasteiger partial charge in [0.25, 0.3) is 5.91 Å². The minimum atomic E-state index is -0.804.